The number of aryl methyl sites for hydroxylation is 2. The fourth-order valence-electron chi connectivity index (χ4n) is 4.29. The number of nitrogens with zero attached hydrogens (tertiary/aromatic N) is 3. The lowest BCUT2D eigenvalue weighted by molar-refractivity contribution is -0.139. The van der Waals surface area contributed by atoms with Crippen LogP contribution in [0.1, 0.15) is 55.6 Å². The molecule has 2 heterocycles. The zero-order valence-electron chi connectivity index (χ0n) is 15.8. The van der Waals surface area contributed by atoms with Crippen molar-refractivity contribution in [2.45, 2.75) is 64.6 Å². The number of carboxylic acid groups (broad SMARTS) is 1. The van der Waals surface area contributed by atoms with Crippen molar-refractivity contribution in [3.05, 3.63) is 17.0 Å². The van der Waals surface area contributed by atoms with Gasteiger partial charge >= 0.3 is 12.0 Å². The molecule has 0 spiro atoms. The van der Waals surface area contributed by atoms with E-state index in [0.29, 0.717) is 6.54 Å². The minimum atomic E-state index is -0.801. The highest BCUT2D eigenvalue weighted by Gasteiger charge is 2.38. The maximum atomic E-state index is 12.8. The first-order valence-corrected chi connectivity index (χ1v) is 9.45. The minimum absolute atomic E-state index is 0.0165. The van der Waals surface area contributed by atoms with E-state index in [1.54, 1.807) is 0 Å². The van der Waals surface area contributed by atoms with E-state index in [0.717, 1.165) is 49.2 Å². The summed E-state index contributed by atoms with van der Waals surface area (Å²) in [6.45, 7) is 7.49. The lowest BCUT2D eigenvalue weighted by Crippen LogP contribution is -2.56. The van der Waals surface area contributed by atoms with Crippen LogP contribution >= 0.6 is 0 Å². The average molecular weight is 363 g/mol. The lowest BCUT2D eigenvalue weighted by atomic mass is 9.85. The maximum Gasteiger partial charge on any atom is 0.318 e. The molecule has 0 radical (unpaired) electrons. The summed E-state index contributed by atoms with van der Waals surface area (Å²) in [4.78, 5) is 27.6. The van der Waals surface area contributed by atoms with Crippen LogP contribution in [0.5, 0.6) is 0 Å². The SMILES string of the molecule is CCN(CC(=O)O)C1CC(NC(=O)N2CCCC2c2c(C)n[nH]c2C)C1. The molecule has 1 saturated carbocycles. The van der Waals surface area contributed by atoms with Gasteiger partial charge in [0.25, 0.3) is 0 Å². The van der Waals surface area contributed by atoms with E-state index in [1.165, 1.54) is 0 Å². The molecule has 3 rings (SSSR count). The molecule has 26 heavy (non-hydrogen) atoms. The van der Waals surface area contributed by atoms with Crippen LogP contribution in [0.4, 0.5) is 4.79 Å². The highest BCUT2D eigenvalue weighted by Crippen LogP contribution is 2.35. The number of amides is 2. The first-order chi connectivity index (χ1) is 12.4. The van der Waals surface area contributed by atoms with Crippen LogP contribution < -0.4 is 5.32 Å². The van der Waals surface area contributed by atoms with Crippen LogP contribution in [-0.4, -0.2) is 68.8 Å². The van der Waals surface area contributed by atoms with Gasteiger partial charge in [0.05, 0.1) is 18.3 Å². The molecule has 3 N–H and O–H groups in total. The van der Waals surface area contributed by atoms with E-state index >= 15 is 0 Å². The number of aromatic amines is 1. The standard InChI is InChI=1S/C18H29N5O3/c1-4-22(10-16(24)25)14-8-13(9-14)19-18(26)23-7-5-6-15(23)17-11(2)20-21-12(17)3/h13-15H,4-10H2,1-3H3,(H,19,26)(H,20,21)(H,24,25). The van der Waals surface area contributed by atoms with Crippen molar-refractivity contribution in [3.63, 3.8) is 0 Å². The average Bonchev–Trinajstić information content (AvgIpc) is 3.14. The van der Waals surface area contributed by atoms with Crippen LogP contribution in [0.3, 0.4) is 0 Å². The van der Waals surface area contributed by atoms with Crippen molar-refractivity contribution < 1.29 is 14.7 Å². The van der Waals surface area contributed by atoms with Crippen LogP contribution in [0.25, 0.3) is 0 Å². The fraction of sp³-hybridized carbons (Fsp3) is 0.722. The Morgan fingerprint density at radius 2 is 2.12 bits per heavy atom. The van der Waals surface area contributed by atoms with E-state index in [4.69, 9.17) is 5.11 Å². The Hall–Kier alpha value is -2.09. The number of urea groups is 1. The summed E-state index contributed by atoms with van der Waals surface area (Å²) in [6.07, 6.45) is 3.59. The Morgan fingerprint density at radius 3 is 2.69 bits per heavy atom. The largest absolute Gasteiger partial charge is 0.480 e. The summed E-state index contributed by atoms with van der Waals surface area (Å²) in [5.74, 6) is -0.801. The van der Waals surface area contributed by atoms with E-state index in [2.05, 4.69) is 15.5 Å². The molecule has 8 nitrogen and oxygen atoms in total. The molecule has 2 amide bonds. The molecule has 1 aromatic heterocycles. The van der Waals surface area contributed by atoms with Crippen LogP contribution in [0.2, 0.25) is 0 Å². The Balaban J connectivity index is 1.55. The number of hydrogen-bond acceptors (Lipinski definition) is 4. The molecule has 1 aliphatic carbocycles. The molecule has 144 valence electrons. The van der Waals surface area contributed by atoms with Gasteiger partial charge in [-0.2, -0.15) is 5.10 Å². The van der Waals surface area contributed by atoms with Gasteiger partial charge in [-0.25, -0.2) is 4.79 Å². The van der Waals surface area contributed by atoms with Gasteiger partial charge in [-0.15, -0.1) is 0 Å². The molecule has 1 atom stereocenters. The van der Waals surface area contributed by atoms with Crippen molar-refractivity contribution in [2.75, 3.05) is 19.6 Å². The Kier molecular flexibility index (Phi) is 5.50. The summed E-state index contributed by atoms with van der Waals surface area (Å²) in [7, 11) is 0. The number of likely N-dealkylation sites (N-methyl/N-ethyl adjacent to an activating group) is 1. The second-order valence-corrected chi connectivity index (χ2v) is 7.43. The van der Waals surface area contributed by atoms with E-state index in [9.17, 15) is 9.59 Å². The molecular formula is C18H29N5O3. The van der Waals surface area contributed by atoms with Crippen molar-refractivity contribution in [2.24, 2.45) is 0 Å². The van der Waals surface area contributed by atoms with Gasteiger partial charge in [-0.3, -0.25) is 14.8 Å². The van der Waals surface area contributed by atoms with Crippen LogP contribution in [0.15, 0.2) is 0 Å². The Labute approximate surface area is 153 Å². The van der Waals surface area contributed by atoms with Gasteiger partial charge in [-0.1, -0.05) is 6.92 Å². The van der Waals surface area contributed by atoms with Gasteiger partial charge in [0, 0.05) is 29.9 Å². The first kappa shape index (κ1) is 18.7. The van der Waals surface area contributed by atoms with Gasteiger partial charge < -0.3 is 15.3 Å². The molecule has 2 aliphatic rings. The van der Waals surface area contributed by atoms with Gasteiger partial charge in [0.1, 0.15) is 0 Å². The highest BCUT2D eigenvalue weighted by molar-refractivity contribution is 5.75. The van der Waals surface area contributed by atoms with Crippen molar-refractivity contribution in [3.8, 4) is 0 Å². The smallest absolute Gasteiger partial charge is 0.318 e. The first-order valence-electron chi connectivity index (χ1n) is 9.45. The molecular weight excluding hydrogens is 334 g/mol. The number of carboxylic acids is 1. The third kappa shape index (κ3) is 3.70. The lowest BCUT2D eigenvalue weighted by Gasteiger charge is -2.43. The predicted molar refractivity (Wildman–Crippen MR) is 97.0 cm³/mol. The Bertz CT molecular complexity index is 648. The number of aliphatic carboxylic acids is 1. The van der Waals surface area contributed by atoms with Crippen molar-refractivity contribution in [1.29, 1.82) is 0 Å². The number of carbonyl (C=O) groups is 2. The number of aromatic nitrogens is 2. The quantitative estimate of drug-likeness (QED) is 0.715. The molecule has 1 aromatic rings. The zero-order valence-corrected chi connectivity index (χ0v) is 15.8. The number of H-pyrrole nitrogens is 1. The van der Waals surface area contributed by atoms with Crippen LogP contribution in [0, 0.1) is 13.8 Å². The molecule has 2 fully saturated rings. The summed E-state index contributed by atoms with van der Waals surface area (Å²) >= 11 is 0. The number of hydrogen-bond donors (Lipinski definition) is 3. The van der Waals surface area contributed by atoms with Crippen LogP contribution in [-0.2, 0) is 4.79 Å². The normalized spacial score (nSPS) is 25.4. The Morgan fingerprint density at radius 1 is 1.38 bits per heavy atom. The molecule has 0 aromatic carbocycles. The molecule has 1 unspecified atom stereocenters. The van der Waals surface area contributed by atoms with E-state index in [-0.39, 0.29) is 30.7 Å². The molecule has 0 bridgehead atoms. The topological polar surface area (TPSA) is 102 Å². The second kappa shape index (κ2) is 7.65. The molecule has 1 aliphatic heterocycles. The number of rotatable bonds is 6. The van der Waals surface area contributed by atoms with Crippen molar-refractivity contribution >= 4 is 12.0 Å². The summed E-state index contributed by atoms with van der Waals surface area (Å²) in [6, 6.07) is 0.443. The number of carbonyl (C=O) groups excluding carboxylic acids is 1. The van der Waals surface area contributed by atoms with Gasteiger partial charge in [0.2, 0.25) is 0 Å². The summed E-state index contributed by atoms with van der Waals surface area (Å²) < 4.78 is 0. The monoisotopic (exact) mass is 363 g/mol. The molecule has 8 heteroatoms. The van der Waals surface area contributed by atoms with E-state index < -0.39 is 5.97 Å². The fourth-order valence-corrected chi connectivity index (χ4v) is 4.29. The predicted octanol–water partition coefficient (Wildman–Crippen LogP) is 1.81. The zero-order chi connectivity index (χ0) is 18.8. The van der Waals surface area contributed by atoms with E-state index in [1.807, 2.05) is 30.6 Å². The van der Waals surface area contributed by atoms with Gasteiger partial charge in [-0.05, 0) is 46.1 Å². The third-order valence-electron chi connectivity index (χ3n) is 5.73. The summed E-state index contributed by atoms with van der Waals surface area (Å²) in [5.41, 5.74) is 3.13. The number of nitrogens with one attached hydrogen (secondary N) is 2. The minimum Gasteiger partial charge on any atom is -0.480 e. The highest BCUT2D eigenvalue weighted by atomic mass is 16.4. The second-order valence-electron chi connectivity index (χ2n) is 7.43. The third-order valence-corrected chi connectivity index (χ3v) is 5.73. The maximum absolute atomic E-state index is 12.8. The molecule has 1 saturated heterocycles. The van der Waals surface area contributed by atoms with Gasteiger partial charge in [0.15, 0.2) is 0 Å². The van der Waals surface area contributed by atoms with Crippen molar-refractivity contribution in [1.82, 2.24) is 25.3 Å². The number of likely N-dealkylation sites (tertiary alicyclic amines) is 1. The summed E-state index contributed by atoms with van der Waals surface area (Å²) in [5, 5.41) is 19.4.